The molecule has 4 nitrogen and oxygen atoms in total. The highest BCUT2D eigenvalue weighted by Gasteiger charge is 2.29. The van der Waals surface area contributed by atoms with Crippen molar-refractivity contribution >= 4 is 22.2 Å². The third-order valence-electron chi connectivity index (χ3n) is 1.84. The minimum Gasteiger partial charge on any atom is -0.478 e. The fourth-order valence-corrected chi connectivity index (χ4v) is 1.81. The normalized spacial score (nSPS) is 13.4. The monoisotopic (exact) mass is 216 g/mol. The van der Waals surface area contributed by atoms with Crippen LogP contribution >= 0.6 is 0 Å². The van der Waals surface area contributed by atoms with Crippen LogP contribution in [0.3, 0.4) is 0 Å². The molecule has 0 spiro atoms. The Bertz CT molecular complexity index is 286. The zero-order chi connectivity index (χ0) is 11.5. The molecule has 0 unspecified atom stereocenters. The lowest BCUT2D eigenvalue weighted by atomic mass is 9.97. The number of carbonyl (C=O) groups is 2. The summed E-state index contributed by atoms with van der Waals surface area (Å²) in [5, 5.41) is 8.42. The third kappa shape index (κ3) is 2.99. The van der Waals surface area contributed by atoms with Gasteiger partial charge in [0.1, 0.15) is 0 Å². The van der Waals surface area contributed by atoms with Gasteiger partial charge in [0.15, 0.2) is 0 Å². The number of hydrogen-bond acceptors (Lipinski definition) is 3. The molecule has 0 saturated carbocycles. The molecule has 0 saturated heterocycles. The van der Waals surface area contributed by atoms with Gasteiger partial charge < -0.3 is 9.84 Å². The van der Waals surface area contributed by atoms with Gasteiger partial charge in [-0.3, -0.25) is 0 Å². The topological polar surface area (TPSA) is 63.6 Å². The molecule has 14 heavy (non-hydrogen) atoms. The summed E-state index contributed by atoms with van der Waals surface area (Å²) < 4.78 is 4.57. The van der Waals surface area contributed by atoms with Crippen molar-refractivity contribution in [1.29, 1.82) is 0 Å². The second-order valence-corrected chi connectivity index (χ2v) is 6.55. The predicted octanol–water partition coefficient (Wildman–Crippen LogP) is 0.124. The summed E-state index contributed by atoms with van der Waals surface area (Å²) in [6, 6.07) is 0. The number of carbonyl (C=O) groups excluding carboxylic acids is 1. The second-order valence-electron chi connectivity index (χ2n) is 4.05. The lowest BCUT2D eigenvalue weighted by Gasteiger charge is -2.22. The van der Waals surface area contributed by atoms with Crippen molar-refractivity contribution in [2.75, 3.05) is 7.11 Å². The zero-order valence-electron chi connectivity index (χ0n) is 9.17. The highest BCUT2D eigenvalue weighted by atomic mass is 28.1. The Kier molecular flexibility index (Phi) is 4.06. The van der Waals surface area contributed by atoms with Crippen molar-refractivity contribution in [2.24, 2.45) is 0 Å². The molecule has 0 aliphatic carbocycles. The minimum atomic E-state index is -1.07. The molecule has 0 aliphatic heterocycles. The molecule has 0 aliphatic rings. The molecule has 0 radical (unpaired) electrons. The van der Waals surface area contributed by atoms with Gasteiger partial charge in [0, 0.05) is 21.4 Å². The average molecular weight is 216 g/mol. The Morgan fingerprint density at radius 2 is 1.79 bits per heavy atom. The lowest BCUT2D eigenvalue weighted by molar-refractivity contribution is -0.138. The van der Waals surface area contributed by atoms with Crippen LogP contribution in [0, 0.1) is 0 Å². The van der Waals surface area contributed by atoms with Crippen LogP contribution in [-0.4, -0.2) is 34.4 Å². The first-order chi connectivity index (χ1) is 6.21. The number of esters is 1. The van der Waals surface area contributed by atoms with E-state index in [2.05, 4.69) is 4.74 Å². The van der Waals surface area contributed by atoms with Crippen LogP contribution in [0.25, 0.3) is 0 Å². The van der Waals surface area contributed by atoms with Gasteiger partial charge in [0.05, 0.1) is 7.11 Å². The Morgan fingerprint density at radius 3 is 2.00 bits per heavy atom. The largest absolute Gasteiger partial charge is 0.478 e. The fourth-order valence-electron chi connectivity index (χ4n) is 1.23. The quantitative estimate of drug-likeness (QED) is 0.413. The van der Waals surface area contributed by atoms with Crippen LogP contribution < -0.4 is 0 Å². The maximum atomic E-state index is 11.4. The van der Waals surface area contributed by atoms with E-state index in [1.807, 2.05) is 13.8 Å². The molecule has 0 bridgehead atoms. The summed E-state index contributed by atoms with van der Waals surface area (Å²) >= 11 is 0. The van der Waals surface area contributed by atoms with Gasteiger partial charge in [-0.2, -0.15) is 0 Å². The van der Waals surface area contributed by atoms with Gasteiger partial charge in [0.2, 0.25) is 0 Å². The van der Waals surface area contributed by atoms with Crippen LogP contribution in [0.5, 0.6) is 0 Å². The third-order valence-corrected chi connectivity index (χ3v) is 2.34. The van der Waals surface area contributed by atoms with Gasteiger partial charge in [-0.25, -0.2) is 9.59 Å². The van der Waals surface area contributed by atoms with Crippen LogP contribution in [0.4, 0.5) is 0 Å². The zero-order valence-corrected chi connectivity index (χ0v) is 11.2. The van der Waals surface area contributed by atoms with Crippen molar-refractivity contribution in [3.63, 3.8) is 0 Å². The predicted molar refractivity (Wildman–Crippen MR) is 56.3 cm³/mol. The van der Waals surface area contributed by atoms with Gasteiger partial charge in [-0.1, -0.05) is 13.8 Å². The number of methoxy groups -OCH3 is 1. The van der Waals surface area contributed by atoms with Gasteiger partial charge in [-0.15, -0.1) is 0 Å². The van der Waals surface area contributed by atoms with Crippen LogP contribution in [0.1, 0.15) is 20.8 Å². The smallest absolute Gasteiger partial charge is 0.334 e. The summed E-state index contributed by atoms with van der Waals surface area (Å²) in [5.41, 5.74) is 0.330. The van der Waals surface area contributed by atoms with Crippen molar-refractivity contribution in [3.8, 4) is 0 Å². The average Bonchev–Trinajstić information content (AvgIpc) is 2.01. The highest BCUT2D eigenvalue weighted by Crippen LogP contribution is 2.33. The first kappa shape index (κ1) is 12.9. The molecule has 0 fully saturated rings. The summed E-state index contributed by atoms with van der Waals surface area (Å²) in [5.74, 6) is -1.63. The molecule has 0 aromatic heterocycles. The first-order valence-corrected chi connectivity index (χ1v) is 5.24. The molecular formula is C9H16O4Si. The Balaban J connectivity index is 5.44. The van der Waals surface area contributed by atoms with Crippen molar-refractivity contribution < 1.29 is 19.4 Å². The molecular weight excluding hydrogens is 200 g/mol. The van der Waals surface area contributed by atoms with E-state index >= 15 is 0 Å². The van der Waals surface area contributed by atoms with E-state index in [4.69, 9.17) is 5.11 Å². The van der Waals surface area contributed by atoms with Crippen LogP contribution in [-0.2, 0) is 14.3 Å². The van der Waals surface area contributed by atoms with Crippen molar-refractivity contribution in [3.05, 3.63) is 11.1 Å². The van der Waals surface area contributed by atoms with Gasteiger partial charge in [0.25, 0.3) is 0 Å². The Hall–Kier alpha value is -1.10. The number of ether oxygens (including phenoxy) is 1. The van der Waals surface area contributed by atoms with E-state index in [0.717, 1.165) is 0 Å². The van der Waals surface area contributed by atoms with Crippen molar-refractivity contribution in [2.45, 2.75) is 25.8 Å². The SMILES string of the molecule is COC(=O)/C(=C(/C)C(=O)O)C(C)(C)[SiH3]. The number of carboxylic acids is 1. The van der Waals surface area contributed by atoms with E-state index in [-0.39, 0.29) is 11.1 Å². The fraction of sp³-hybridized carbons (Fsp3) is 0.556. The maximum Gasteiger partial charge on any atom is 0.334 e. The molecule has 0 amide bonds. The number of carboxylic acid groups (broad SMARTS) is 1. The first-order valence-electron chi connectivity index (χ1n) is 4.24. The summed E-state index contributed by atoms with van der Waals surface area (Å²) in [6.45, 7) is 5.09. The minimum absolute atomic E-state index is 0.0665. The molecule has 0 heterocycles. The van der Waals surface area contributed by atoms with Crippen LogP contribution in [0.2, 0.25) is 5.04 Å². The summed E-state index contributed by atoms with van der Waals surface area (Å²) in [6.07, 6.45) is 0. The molecule has 0 aromatic rings. The number of aliphatic carboxylic acids is 1. The summed E-state index contributed by atoms with van der Waals surface area (Å²) in [7, 11) is 1.94. The molecule has 0 aromatic carbocycles. The number of hydrogen-bond donors (Lipinski definition) is 1. The Labute approximate surface area is 86.4 Å². The molecule has 0 rings (SSSR count). The molecule has 80 valence electrons. The standard InChI is InChI=1S/C9H16O4Si/c1-5(7(10)11)6(8(12)13-4)9(2,3)14/h1-4,14H3,(H,10,11)/b6-5+. The van der Waals surface area contributed by atoms with E-state index in [1.54, 1.807) is 0 Å². The van der Waals surface area contributed by atoms with Gasteiger partial charge in [-0.05, 0) is 12.0 Å². The van der Waals surface area contributed by atoms with Crippen LogP contribution in [0.15, 0.2) is 11.1 Å². The summed E-state index contributed by atoms with van der Waals surface area (Å²) in [4.78, 5) is 22.1. The van der Waals surface area contributed by atoms with E-state index in [1.165, 1.54) is 14.0 Å². The maximum absolute atomic E-state index is 11.4. The Morgan fingerprint density at radius 1 is 1.36 bits per heavy atom. The van der Waals surface area contributed by atoms with E-state index in [0.29, 0.717) is 10.2 Å². The van der Waals surface area contributed by atoms with Gasteiger partial charge >= 0.3 is 11.9 Å². The lowest BCUT2D eigenvalue weighted by Crippen LogP contribution is -2.21. The number of rotatable bonds is 3. The molecule has 5 heteroatoms. The van der Waals surface area contributed by atoms with E-state index < -0.39 is 17.0 Å². The molecule has 1 N–H and O–H groups in total. The van der Waals surface area contributed by atoms with Crippen molar-refractivity contribution in [1.82, 2.24) is 0 Å². The second kappa shape index (κ2) is 4.41. The highest BCUT2D eigenvalue weighted by molar-refractivity contribution is 6.22. The van der Waals surface area contributed by atoms with E-state index in [9.17, 15) is 9.59 Å². The molecule has 0 atom stereocenters.